The molecule has 4 nitrogen and oxygen atoms in total. The molecule has 0 bridgehead atoms. The highest BCUT2D eigenvalue weighted by atomic mass is 15.0. The Labute approximate surface area is 154 Å². The first-order chi connectivity index (χ1) is 12.4. The van der Waals surface area contributed by atoms with Gasteiger partial charge in [-0.15, -0.1) is 0 Å². The zero-order valence-electron chi connectivity index (χ0n) is 15.7. The molecule has 0 aliphatic carbocycles. The average molecular weight is 344 g/mol. The fourth-order valence-electron chi connectivity index (χ4n) is 3.68. The van der Waals surface area contributed by atoms with Crippen LogP contribution in [0, 0.1) is 6.92 Å². The van der Waals surface area contributed by atoms with Crippen molar-refractivity contribution in [2.24, 2.45) is 9.98 Å². The number of aliphatic imine (C=N–C) groups is 2. The van der Waals surface area contributed by atoms with E-state index in [0.29, 0.717) is 0 Å². The summed E-state index contributed by atoms with van der Waals surface area (Å²) in [4.78, 5) is 12.9. The molecule has 2 unspecified atom stereocenters. The molecule has 0 saturated heterocycles. The van der Waals surface area contributed by atoms with Crippen molar-refractivity contribution in [3.63, 3.8) is 0 Å². The monoisotopic (exact) mass is 344 g/mol. The number of nitrogens with one attached hydrogen (secondary N) is 2. The first-order valence-corrected chi connectivity index (χ1v) is 8.94. The molecule has 132 valence electrons. The maximum Gasteiger partial charge on any atom is 0.109 e. The molecule has 1 aromatic heterocycles. The Kier molecular flexibility index (Phi) is 3.91. The number of hydrogen-bond acceptors (Lipinski definition) is 3. The Morgan fingerprint density at radius 1 is 1.15 bits per heavy atom. The lowest BCUT2D eigenvalue weighted by Gasteiger charge is -2.12. The van der Waals surface area contributed by atoms with Gasteiger partial charge in [-0.25, -0.2) is 0 Å². The van der Waals surface area contributed by atoms with E-state index in [4.69, 9.17) is 4.99 Å². The summed E-state index contributed by atoms with van der Waals surface area (Å²) in [5, 5.41) is 3.39. The summed E-state index contributed by atoms with van der Waals surface area (Å²) in [7, 11) is 0. The lowest BCUT2D eigenvalue weighted by atomic mass is 10.1. The zero-order chi connectivity index (χ0) is 18.4. The molecule has 0 amide bonds. The topological polar surface area (TPSA) is 52.5 Å². The van der Waals surface area contributed by atoms with Gasteiger partial charge in [0, 0.05) is 23.3 Å². The predicted molar refractivity (Wildman–Crippen MR) is 110 cm³/mol. The number of H-pyrrole nitrogens is 1. The third-order valence-corrected chi connectivity index (χ3v) is 5.02. The van der Waals surface area contributed by atoms with Crippen molar-refractivity contribution < 1.29 is 0 Å². The van der Waals surface area contributed by atoms with Crippen molar-refractivity contribution in [3.05, 3.63) is 75.9 Å². The lowest BCUT2D eigenvalue weighted by Crippen LogP contribution is -2.30. The van der Waals surface area contributed by atoms with E-state index in [1.807, 2.05) is 6.21 Å². The Morgan fingerprint density at radius 3 is 2.62 bits per heavy atom. The van der Waals surface area contributed by atoms with E-state index in [0.717, 1.165) is 28.5 Å². The molecule has 0 fully saturated rings. The molecule has 1 aromatic rings. The number of nitrogens with zero attached hydrogens (tertiary/aromatic N) is 2. The molecule has 2 N–H and O–H groups in total. The van der Waals surface area contributed by atoms with Crippen LogP contribution in [0.4, 0.5) is 0 Å². The van der Waals surface area contributed by atoms with Crippen LogP contribution in [0.15, 0.2) is 69.0 Å². The molecule has 4 rings (SSSR count). The van der Waals surface area contributed by atoms with Crippen LogP contribution < -0.4 is 5.32 Å². The third-order valence-electron chi connectivity index (χ3n) is 5.02. The quantitative estimate of drug-likeness (QED) is 0.829. The van der Waals surface area contributed by atoms with Crippen LogP contribution >= 0.6 is 0 Å². The summed E-state index contributed by atoms with van der Waals surface area (Å²) >= 11 is 0. The number of aromatic amines is 1. The van der Waals surface area contributed by atoms with Gasteiger partial charge in [-0.05, 0) is 80.3 Å². The van der Waals surface area contributed by atoms with Gasteiger partial charge in [0.25, 0.3) is 0 Å². The second-order valence-electron chi connectivity index (χ2n) is 7.34. The number of aromatic nitrogens is 1. The minimum atomic E-state index is 0.0999. The molecule has 0 radical (unpaired) electrons. The molecule has 4 heterocycles. The number of aryl methyl sites for hydroxylation is 1. The van der Waals surface area contributed by atoms with E-state index in [-0.39, 0.29) is 12.1 Å². The maximum atomic E-state index is 4.86. The van der Waals surface area contributed by atoms with Gasteiger partial charge in [0.1, 0.15) is 6.04 Å². The molecule has 0 saturated carbocycles. The van der Waals surface area contributed by atoms with E-state index >= 15 is 0 Å². The van der Waals surface area contributed by atoms with Crippen molar-refractivity contribution in [2.75, 3.05) is 0 Å². The first-order valence-electron chi connectivity index (χ1n) is 8.94. The molecular formula is C22H24N4. The van der Waals surface area contributed by atoms with Crippen molar-refractivity contribution >= 4 is 18.0 Å². The SMILES string of the molecule is C=C1C=C(C)C(C2=N/C(=C/c3cc(C)c(C4C=C(C)C=N4)[nH]3)C(C)=C2)N1. The Hall–Kier alpha value is -2.88. The smallest absolute Gasteiger partial charge is 0.109 e. The Morgan fingerprint density at radius 2 is 1.96 bits per heavy atom. The van der Waals surface area contributed by atoms with E-state index in [9.17, 15) is 0 Å². The fourth-order valence-corrected chi connectivity index (χ4v) is 3.68. The van der Waals surface area contributed by atoms with Crippen LogP contribution in [0.2, 0.25) is 0 Å². The van der Waals surface area contributed by atoms with Crippen LogP contribution in [0.3, 0.4) is 0 Å². The molecule has 26 heavy (non-hydrogen) atoms. The van der Waals surface area contributed by atoms with Gasteiger partial charge in [-0.3, -0.25) is 9.98 Å². The van der Waals surface area contributed by atoms with Gasteiger partial charge in [-0.1, -0.05) is 6.58 Å². The zero-order valence-corrected chi connectivity index (χ0v) is 15.7. The number of hydrogen-bond donors (Lipinski definition) is 2. The predicted octanol–water partition coefficient (Wildman–Crippen LogP) is 4.57. The first kappa shape index (κ1) is 16.6. The van der Waals surface area contributed by atoms with E-state index in [1.54, 1.807) is 0 Å². The second-order valence-corrected chi connectivity index (χ2v) is 7.34. The molecule has 2 atom stereocenters. The van der Waals surface area contributed by atoms with Crippen LogP contribution in [0.5, 0.6) is 0 Å². The summed E-state index contributed by atoms with van der Waals surface area (Å²) in [5.74, 6) is 0. The van der Waals surface area contributed by atoms with Crippen LogP contribution in [-0.2, 0) is 0 Å². The number of allylic oxidation sites excluding steroid dienone is 3. The van der Waals surface area contributed by atoms with Gasteiger partial charge in [-0.2, -0.15) is 0 Å². The summed E-state index contributed by atoms with van der Waals surface area (Å²) in [5.41, 5.74) is 10.1. The van der Waals surface area contributed by atoms with E-state index in [1.165, 1.54) is 22.3 Å². The molecular weight excluding hydrogens is 320 g/mol. The largest absolute Gasteiger partial charge is 0.374 e. The lowest BCUT2D eigenvalue weighted by molar-refractivity contribution is 0.852. The van der Waals surface area contributed by atoms with E-state index in [2.05, 4.69) is 79.9 Å². The maximum absolute atomic E-state index is 4.86. The van der Waals surface area contributed by atoms with Gasteiger partial charge in [0.2, 0.25) is 0 Å². The van der Waals surface area contributed by atoms with Gasteiger partial charge in [0.05, 0.1) is 17.5 Å². The fraction of sp³-hybridized carbons (Fsp3) is 0.273. The highest BCUT2D eigenvalue weighted by Crippen LogP contribution is 2.30. The second kappa shape index (κ2) is 6.13. The van der Waals surface area contributed by atoms with E-state index < -0.39 is 0 Å². The minimum absolute atomic E-state index is 0.0999. The third kappa shape index (κ3) is 2.92. The standard InChI is InChI=1S/C22H24N4/c1-12-6-19(23-11-12)21-15(4)8-17(25-21)10-18-13(2)9-20(26-18)22-14(3)7-16(5)24-22/h6-11,19,22,24-25H,5H2,1-4H3/b18-10+. The van der Waals surface area contributed by atoms with Crippen molar-refractivity contribution in [3.8, 4) is 0 Å². The van der Waals surface area contributed by atoms with Gasteiger partial charge < -0.3 is 10.3 Å². The highest BCUT2D eigenvalue weighted by molar-refractivity contribution is 6.06. The number of rotatable bonds is 3. The Bertz CT molecular complexity index is 976. The summed E-state index contributed by atoms with van der Waals surface area (Å²) in [6.07, 6.45) is 10.5. The molecule has 0 aromatic carbocycles. The summed E-state index contributed by atoms with van der Waals surface area (Å²) in [6.45, 7) is 12.4. The average Bonchev–Trinajstić information content (AvgIpc) is 3.30. The normalized spacial score (nSPS) is 26.2. The highest BCUT2D eigenvalue weighted by Gasteiger charge is 2.25. The molecule has 0 spiro atoms. The van der Waals surface area contributed by atoms with Crippen LogP contribution in [0.1, 0.15) is 43.8 Å². The Balaban J connectivity index is 1.61. The van der Waals surface area contributed by atoms with Gasteiger partial charge in [0.15, 0.2) is 0 Å². The van der Waals surface area contributed by atoms with Gasteiger partial charge >= 0.3 is 0 Å². The minimum Gasteiger partial charge on any atom is -0.374 e. The van der Waals surface area contributed by atoms with Crippen LogP contribution in [0.25, 0.3) is 6.08 Å². The molecule has 3 aliphatic heterocycles. The summed E-state index contributed by atoms with van der Waals surface area (Å²) < 4.78 is 0. The van der Waals surface area contributed by atoms with Crippen molar-refractivity contribution in [1.29, 1.82) is 0 Å². The molecule has 3 aliphatic rings. The van der Waals surface area contributed by atoms with Crippen molar-refractivity contribution in [2.45, 2.75) is 39.8 Å². The van der Waals surface area contributed by atoms with Crippen molar-refractivity contribution in [1.82, 2.24) is 10.3 Å². The van der Waals surface area contributed by atoms with Crippen LogP contribution in [-0.4, -0.2) is 23.0 Å². The summed E-state index contributed by atoms with van der Waals surface area (Å²) in [6, 6.07) is 2.40. The molecule has 4 heteroatoms.